The van der Waals surface area contributed by atoms with Crippen molar-refractivity contribution < 1.29 is 0 Å². The van der Waals surface area contributed by atoms with E-state index >= 15 is 0 Å². The summed E-state index contributed by atoms with van der Waals surface area (Å²) in [4.78, 5) is 0. The van der Waals surface area contributed by atoms with Gasteiger partial charge in [-0.15, -0.1) is 0 Å². The maximum atomic E-state index is 4.01. The van der Waals surface area contributed by atoms with E-state index in [-0.39, 0.29) is 5.92 Å². The van der Waals surface area contributed by atoms with Crippen molar-refractivity contribution in [2.45, 2.75) is 12.3 Å². The van der Waals surface area contributed by atoms with Crippen LogP contribution in [-0.4, -0.2) is 0 Å². The molecule has 0 radical (unpaired) electrons. The standard InChI is InChI=1S/C54H34Br2/c55-49-33-47-45(51(35-17-5-1-6-18-35)41-25-13-15-27-43(41)53(47)37-21-9-3-10-22-37)31-39(49)29-30-40-32-46-48(34-50(40)56)54(38-23-11-4-12-24-38)44-28-16-14-26-42(44)52(46)36-19-7-2-8-20-36/h1-23,25-28,31-34,38H,24H2. The topological polar surface area (TPSA) is 0 Å². The van der Waals surface area contributed by atoms with E-state index < -0.39 is 0 Å². The van der Waals surface area contributed by atoms with E-state index in [9.17, 15) is 0 Å². The lowest BCUT2D eigenvalue weighted by molar-refractivity contribution is 0.870. The summed E-state index contributed by atoms with van der Waals surface area (Å²) in [5.74, 6) is 7.57. The molecule has 0 bridgehead atoms. The minimum atomic E-state index is 0.283. The van der Waals surface area contributed by atoms with Gasteiger partial charge in [0.25, 0.3) is 0 Å². The molecule has 1 atom stereocenters. The Balaban J connectivity index is 1.23. The molecule has 1 aliphatic carbocycles. The van der Waals surface area contributed by atoms with Crippen molar-refractivity contribution in [2.75, 3.05) is 0 Å². The first-order valence-corrected chi connectivity index (χ1v) is 20.6. The quantitative estimate of drug-likeness (QED) is 0.122. The number of benzene rings is 9. The molecular formula is C54H34Br2. The SMILES string of the molecule is Brc1cc2c(-c3ccccc3)c3ccccc3c(-c3ccccc3)c2cc1C#Cc1cc2c(-c3ccccc3)c3ccccc3c(C3C=CC=CC3)c2cc1Br. The van der Waals surface area contributed by atoms with Gasteiger partial charge >= 0.3 is 0 Å². The fourth-order valence-corrected chi connectivity index (χ4v) is 9.58. The first-order valence-electron chi connectivity index (χ1n) is 19.0. The summed E-state index contributed by atoms with van der Waals surface area (Å²) in [5.41, 5.74) is 10.5. The second kappa shape index (κ2) is 14.6. The predicted octanol–water partition coefficient (Wildman–Crippen LogP) is 15.8. The van der Waals surface area contributed by atoms with Crippen LogP contribution in [-0.2, 0) is 0 Å². The normalized spacial score (nSPS) is 13.7. The van der Waals surface area contributed by atoms with Crippen molar-refractivity contribution in [3.05, 3.63) is 214 Å². The summed E-state index contributed by atoms with van der Waals surface area (Å²) < 4.78 is 1.96. The van der Waals surface area contributed by atoms with Gasteiger partial charge in [0.05, 0.1) is 0 Å². The van der Waals surface area contributed by atoms with Crippen molar-refractivity contribution in [1.29, 1.82) is 0 Å². The molecule has 2 heteroatoms. The highest BCUT2D eigenvalue weighted by Gasteiger charge is 2.22. The molecule has 0 saturated carbocycles. The fraction of sp³-hybridized carbons (Fsp3) is 0.0370. The van der Waals surface area contributed by atoms with Crippen LogP contribution in [0.2, 0.25) is 0 Å². The summed E-state index contributed by atoms with van der Waals surface area (Å²) in [7, 11) is 0. The van der Waals surface area contributed by atoms with E-state index in [2.05, 4.69) is 232 Å². The van der Waals surface area contributed by atoms with E-state index in [0.717, 1.165) is 26.5 Å². The molecule has 56 heavy (non-hydrogen) atoms. The average Bonchev–Trinajstić information content (AvgIpc) is 3.25. The smallest absolute Gasteiger partial charge is 0.0397 e. The Bertz CT molecular complexity index is 3110. The molecule has 10 rings (SSSR count). The van der Waals surface area contributed by atoms with Gasteiger partial charge in [-0.2, -0.15) is 0 Å². The van der Waals surface area contributed by atoms with Crippen LogP contribution in [0.15, 0.2) is 197 Å². The van der Waals surface area contributed by atoms with Gasteiger partial charge in [-0.1, -0.05) is 176 Å². The van der Waals surface area contributed by atoms with Crippen LogP contribution in [0.25, 0.3) is 76.5 Å². The molecule has 1 unspecified atom stereocenters. The van der Waals surface area contributed by atoms with Crippen LogP contribution in [0.5, 0.6) is 0 Å². The number of allylic oxidation sites excluding steroid dienone is 4. The highest BCUT2D eigenvalue weighted by molar-refractivity contribution is 9.10. The van der Waals surface area contributed by atoms with Gasteiger partial charge in [-0.05, 0) is 145 Å². The molecule has 0 saturated heterocycles. The molecule has 0 amide bonds. The molecule has 9 aromatic rings. The summed E-state index contributed by atoms with van der Waals surface area (Å²) >= 11 is 8.01. The van der Waals surface area contributed by atoms with Crippen molar-refractivity contribution in [2.24, 2.45) is 0 Å². The van der Waals surface area contributed by atoms with Crippen LogP contribution in [0.3, 0.4) is 0 Å². The lowest BCUT2D eigenvalue weighted by Gasteiger charge is -2.23. The monoisotopic (exact) mass is 840 g/mol. The zero-order valence-corrected chi connectivity index (χ0v) is 33.6. The van der Waals surface area contributed by atoms with Gasteiger partial charge in [-0.25, -0.2) is 0 Å². The van der Waals surface area contributed by atoms with Gasteiger partial charge in [0.1, 0.15) is 0 Å². The molecular weight excluding hydrogens is 808 g/mol. The van der Waals surface area contributed by atoms with Gasteiger partial charge in [0.2, 0.25) is 0 Å². The first kappa shape index (κ1) is 34.5. The lowest BCUT2D eigenvalue weighted by Crippen LogP contribution is -2.01. The summed E-state index contributed by atoms with van der Waals surface area (Å²) in [6.45, 7) is 0. The Hall–Kier alpha value is -5.98. The molecule has 0 aliphatic heterocycles. The largest absolute Gasteiger partial charge is 0.0836 e. The van der Waals surface area contributed by atoms with Crippen molar-refractivity contribution in [1.82, 2.24) is 0 Å². The highest BCUT2D eigenvalue weighted by atomic mass is 79.9. The minimum absolute atomic E-state index is 0.283. The predicted molar refractivity (Wildman–Crippen MR) is 246 cm³/mol. The molecule has 0 fully saturated rings. The molecule has 0 heterocycles. The van der Waals surface area contributed by atoms with Crippen molar-refractivity contribution in [3.8, 4) is 45.2 Å². The van der Waals surface area contributed by atoms with Gasteiger partial charge in [0, 0.05) is 26.0 Å². The maximum absolute atomic E-state index is 4.01. The van der Waals surface area contributed by atoms with Crippen LogP contribution >= 0.6 is 31.9 Å². The summed E-state index contributed by atoms with van der Waals surface area (Å²) in [6, 6.07) is 59.1. The average molecular weight is 843 g/mol. The van der Waals surface area contributed by atoms with Gasteiger partial charge < -0.3 is 0 Å². The van der Waals surface area contributed by atoms with Crippen molar-refractivity contribution in [3.63, 3.8) is 0 Å². The molecule has 264 valence electrons. The number of halogens is 2. The molecule has 0 spiro atoms. The Morgan fingerprint density at radius 3 is 1.25 bits per heavy atom. The first-order chi connectivity index (χ1) is 27.6. The molecule has 0 nitrogen and oxygen atoms in total. The van der Waals surface area contributed by atoms with Crippen molar-refractivity contribution >= 4 is 74.9 Å². The molecule has 0 aromatic heterocycles. The maximum Gasteiger partial charge on any atom is 0.0397 e. The minimum Gasteiger partial charge on any atom is -0.0836 e. The fourth-order valence-electron chi connectivity index (χ4n) is 8.69. The second-order valence-corrected chi connectivity index (χ2v) is 16.1. The third-order valence-electron chi connectivity index (χ3n) is 11.1. The van der Waals surface area contributed by atoms with Crippen LogP contribution in [0, 0.1) is 11.8 Å². The number of hydrogen-bond donors (Lipinski definition) is 0. The van der Waals surface area contributed by atoms with E-state index in [1.807, 2.05) is 0 Å². The van der Waals surface area contributed by atoms with E-state index in [1.54, 1.807) is 0 Å². The van der Waals surface area contributed by atoms with Gasteiger partial charge in [-0.3, -0.25) is 0 Å². The lowest BCUT2D eigenvalue weighted by atomic mass is 9.81. The molecule has 1 aliphatic rings. The van der Waals surface area contributed by atoms with E-state index in [0.29, 0.717) is 0 Å². The van der Waals surface area contributed by atoms with E-state index in [4.69, 9.17) is 0 Å². The number of hydrogen-bond acceptors (Lipinski definition) is 0. The Kier molecular flexibility index (Phi) is 8.99. The zero-order chi connectivity index (χ0) is 37.6. The van der Waals surface area contributed by atoms with Crippen LogP contribution in [0.4, 0.5) is 0 Å². The Morgan fingerprint density at radius 2 is 0.786 bits per heavy atom. The second-order valence-electron chi connectivity index (χ2n) is 14.4. The van der Waals surface area contributed by atoms with E-state index in [1.165, 1.54) is 82.0 Å². The molecule has 9 aromatic carbocycles. The van der Waals surface area contributed by atoms with Crippen LogP contribution in [0.1, 0.15) is 29.0 Å². The summed E-state index contributed by atoms with van der Waals surface area (Å²) in [5, 5.41) is 9.85. The zero-order valence-electron chi connectivity index (χ0n) is 30.4. The third kappa shape index (κ3) is 6.00. The van der Waals surface area contributed by atoms with Gasteiger partial charge in [0.15, 0.2) is 0 Å². The Morgan fingerprint density at radius 1 is 0.393 bits per heavy atom. The summed E-state index contributed by atoms with van der Waals surface area (Å²) in [6.07, 6.45) is 9.94. The Labute approximate surface area is 344 Å². The number of fused-ring (bicyclic) bond motifs is 4. The highest BCUT2D eigenvalue weighted by Crippen LogP contribution is 2.47. The van der Waals surface area contributed by atoms with Crippen LogP contribution < -0.4 is 0 Å². The third-order valence-corrected chi connectivity index (χ3v) is 12.4. The number of rotatable bonds is 4. The molecule has 0 N–H and O–H groups in total.